The maximum absolute atomic E-state index is 12.0. The number of nitrogens with one attached hydrogen (secondary N) is 1. The Morgan fingerprint density at radius 3 is 2.58 bits per heavy atom. The smallest absolute Gasteiger partial charge is 0.273 e. The molecule has 0 aliphatic carbocycles. The van der Waals surface area contributed by atoms with E-state index in [0.29, 0.717) is 5.56 Å². The number of para-hydroxylation sites is 1. The van der Waals surface area contributed by atoms with Crippen molar-refractivity contribution >= 4 is 23.0 Å². The predicted molar refractivity (Wildman–Crippen MR) is 94.8 cm³/mol. The van der Waals surface area contributed by atoms with Crippen LogP contribution in [0.15, 0.2) is 59.7 Å². The number of aliphatic hydroxyl groups is 1. The van der Waals surface area contributed by atoms with Gasteiger partial charge in [-0.05, 0) is 18.6 Å². The molecule has 0 fully saturated rings. The molecule has 122 valence electrons. The minimum absolute atomic E-state index is 0.534. The van der Waals surface area contributed by atoms with Gasteiger partial charge in [-0.1, -0.05) is 48.5 Å². The number of aliphatic hydroxyl groups excluding tert-OH is 1. The van der Waals surface area contributed by atoms with Crippen LogP contribution >= 0.6 is 0 Å². The lowest BCUT2D eigenvalue weighted by Crippen LogP contribution is -2.25. The second-order valence-corrected chi connectivity index (χ2v) is 5.62. The molecule has 0 spiro atoms. The third-order valence-electron chi connectivity index (χ3n) is 4.18. The van der Waals surface area contributed by atoms with E-state index in [-0.39, 0.29) is 0 Å². The number of carbonyl (C=O) groups excluding carboxylic acids is 1. The summed E-state index contributed by atoms with van der Waals surface area (Å²) in [7, 11) is 1.99. The molecule has 0 unspecified atom stereocenters. The first-order chi connectivity index (χ1) is 11.6. The fourth-order valence-corrected chi connectivity index (χ4v) is 2.72. The summed E-state index contributed by atoms with van der Waals surface area (Å²) in [6.45, 7) is 2.00. The van der Waals surface area contributed by atoms with Gasteiger partial charge in [0.1, 0.15) is 0 Å². The number of hydrogen-bond donors (Lipinski definition) is 2. The molecule has 1 heterocycles. The molecule has 2 N–H and O–H groups in total. The molecule has 1 atom stereocenters. The molecule has 2 aromatic carbocycles. The molecule has 0 saturated heterocycles. The molecule has 0 aliphatic heterocycles. The molecule has 0 bridgehead atoms. The van der Waals surface area contributed by atoms with Crippen LogP contribution in [0.2, 0.25) is 0 Å². The van der Waals surface area contributed by atoms with E-state index >= 15 is 0 Å². The van der Waals surface area contributed by atoms with Gasteiger partial charge in [0, 0.05) is 29.2 Å². The Balaban J connectivity index is 1.78. The number of aryl methyl sites for hydroxylation is 1. The lowest BCUT2D eigenvalue weighted by Gasteiger charge is -2.08. The first-order valence-electron chi connectivity index (χ1n) is 7.69. The minimum atomic E-state index is -1.24. The third-order valence-corrected chi connectivity index (χ3v) is 4.18. The number of amides is 1. The molecule has 3 rings (SSSR count). The summed E-state index contributed by atoms with van der Waals surface area (Å²) in [6, 6.07) is 16.8. The highest BCUT2D eigenvalue weighted by atomic mass is 16.3. The first-order valence-corrected chi connectivity index (χ1v) is 7.69. The molecule has 3 aromatic rings. The van der Waals surface area contributed by atoms with Crippen molar-refractivity contribution in [1.29, 1.82) is 0 Å². The molecule has 0 saturated carbocycles. The lowest BCUT2D eigenvalue weighted by molar-refractivity contribution is -0.129. The Hall–Kier alpha value is -2.92. The van der Waals surface area contributed by atoms with Crippen LogP contribution in [0, 0.1) is 6.92 Å². The normalized spacial score (nSPS) is 12.6. The van der Waals surface area contributed by atoms with Gasteiger partial charge in [0.25, 0.3) is 5.91 Å². The molecular formula is C19H19N3O2. The fourth-order valence-electron chi connectivity index (χ4n) is 2.72. The number of carbonyl (C=O) groups is 1. The average molecular weight is 321 g/mol. The highest BCUT2D eigenvalue weighted by Gasteiger charge is 2.16. The van der Waals surface area contributed by atoms with E-state index in [1.807, 2.05) is 44.3 Å². The Morgan fingerprint density at radius 2 is 1.83 bits per heavy atom. The van der Waals surface area contributed by atoms with E-state index in [1.54, 1.807) is 30.5 Å². The molecule has 5 nitrogen and oxygen atoms in total. The topological polar surface area (TPSA) is 66.6 Å². The second-order valence-electron chi connectivity index (χ2n) is 5.62. The summed E-state index contributed by atoms with van der Waals surface area (Å²) in [5, 5.41) is 15.1. The number of aromatic nitrogens is 1. The number of hydrazone groups is 1. The zero-order chi connectivity index (χ0) is 17.1. The monoisotopic (exact) mass is 321 g/mol. The Kier molecular flexibility index (Phi) is 4.44. The molecule has 1 amide bonds. The maximum Gasteiger partial charge on any atom is 0.273 e. The highest BCUT2D eigenvalue weighted by Crippen LogP contribution is 2.23. The summed E-state index contributed by atoms with van der Waals surface area (Å²) in [4.78, 5) is 12.0. The van der Waals surface area contributed by atoms with E-state index in [1.165, 1.54) is 0 Å². The highest BCUT2D eigenvalue weighted by molar-refractivity contribution is 6.01. The first kappa shape index (κ1) is 16.0. The zero-order valence-electron chi connectivity index (χ0n) is 13.6. The quantitative estimate of drug-likeness (QED) is 0.573. The molecule has 1 aromatic heterocycles. The minimum Gasteiger partial charge on any atom is -0.378 e. The van der Waals surface area contributed by atoms with Crippen LogP contribution in [0.3, 0.4) is 0 Å². The van der Waals surface area contributed by atoms with Crippen LogP contribution in [0.1, 0.15) is 22.9 Å². The van der Waals surface area contributed by atoms with Crippen molar-refractivity contribution in [3.63, 3.8) is 0 Å². The van der Waals surface area contributed by atoms with Gasteiger partial charge in [-0.15, -0.1) is 0 Å². The molecule has 0 radical (unpaired) electrons. The van der Waals surface area contributed by atoms with Gasteiger partial charge in [-0.25, -0.2) is 5.43 Å². The van der Waals surface area contributed by atoms with Crippen molar-refractivity contribution < 1.29 is 9.90 Å². The second kappa shape index (κ2) is 6.68. The Bertz CT molecular complexity index is 898. The van der Waals surface area contributed by atoms with Gasteiger partial charge in [0.15, 0.2) is 6.10 Å². The van der Waals surface area contributed by atoms with E-state index in [9.17, 15) is 9.90 Å². The van der Waals surface area contributed by atoms with E-state index < -0.39 is 12.0 Å². The molecule has 5 heteroatoms. The number of fused-ring (bicyclic) bond motifs is 1. The van der Waals surface area contributed by atoms with Crippen molar-refractivity contribution in [2.45, 2.75) is 13.0 Å². The standard InChI is InChI=1S/C19H19N3O2/c1-13-16(15-10-6-7-11-17(15)22(13)2)12-20-21-19(24)18(23)14-8-4-3-5-9-14/h3-12,18,23H,1-2H3,(H,21,24)/b20-12-/t18-/m0/s1. The molecule has 24 heavy (non-hydrogen) atoms. The van der Waals surface area contributed by atoms with Crippen molar-refractivity contribution in [2.24, 2.45) is 12.1 Å². The van der Waals surface area contributed by atoms with E-state index in [2.05, 4.69) is 15.1 Å². The predicted octanol–water partition coefficient (Wildman–Crippen LogP) is 2.67. The Labute approximate surface area is 140 Å². The number of rotatable bonds is 4. The maximum atomic E-state index is 12.0. The largest absolute Gasteiger partial charge is 0.378 e. The Morgan fingerprint density at radius 1 is 1.17 bits per heavy atom. The van der Waals surface area contributed by atoms with Crippen LogP contribution in [0.4, 0.5) is 0 Å². The number of nitrogens with zero attached hydrogens (tertiary/aromatic N) is 2. The number of benzene rings is 2. The van der Waals surface area contributed by atoms with Gasteiger partial charge >= 0.3 is 0 Å². The van der Waals surface area contributed by atoms with E-state index in [4.69, 9.17) is 0 Å². The van der Waals surface area contributed by atoms with Crippen LogP contribution in [0.5, 0.6) is 0 Å². The van der Waals surface area contributed by atoms with E-state index in [0.717, 1.165) is 22.2 Å². The van der Waals surface area contributed by atoms with Crippen molar-refractivity contribution in [1.82, 2.24) is 9.99 Å². The zero-order valence-corrected chi connectivity index (χ0v) is 13.6. The van der Waals surface area contributed by atoms with Gasteiger partial charge in [0.05, 0.1) is 6.21 Å². The fraction of sp³-hybridized carbons (Fsp3) is 0.158. The third kappa shape index (κ3) is 2.94. The summed E-state index contributed by atoms with van der Waals surface area (Å²) in [6.07, 6.45) is 0.379. The number of hydrogen-bond acceptors (Lipinski definition) is 3. The van der Waals surface area contributed by atoms with Crippen molar-refractivity contribution in [3.05, 3.63) is 71.4 Å². The summed E-state index contributed by atoms with van der Waals surface area (Å²) < 4.78 is 2.08. The van der Waals surface area contributed by atoms with Crippen LogP contribution < -0.4 is 5.43 Å². The van der Waals surface area contributed by atoms with Crippen molar-refractivity contribution in [2.75, 3.05) is 0 Å². The summed E-state index contributed by atoms with van der Waals surface area (Å²) in [5.74, 6) is -0.560. The van der Waals surface area contributed by atoms with Crippen LogP contribution in [0.25, 0.3) is 10.9 Å². The van der Waals surface area contributed by atoms with Gasteiger partial charge in [0.2, 0.25) is 0 Å². The van der Waals surface area contributed by atoms with Gasteiger partial charge < -0.3 is 9.67 Å². The average Bonchev–Trinajstić information content (AvgIpc) is 2.87. The van der Waals surface area contributed by atoms with Gasteiger partial charge in [-0.3, -0.25) is 4.79 Å². The summed E-state index contributed by atoms with van der Waals surface area (Å²) in [5.41, 5.74) is 6.04. The van der Waals surface area contributed by atoms with Crippen LogP contribution in [-0.2, 0) is 11.8 Å². The molecule has 0 aliphatic rings. The van der Waals surface area contributed by atoms with Crippen molar-refractivity contribution in [3.8, 4) is 0 Å². The van der Waals surface area contributed by atoms with Gasteiger partial charge in [-0.2, -0.15) is 5.10 Å². The lowest BCUT2D eigenvalue weighted by atomic mass is 10.1. The summed E-state index contributed by atoms with van der Waals surface area (Å²) >= 11 is 0. The molecular weight excluding hydrogens is 302 g/mol. The van der Waals surface area contributed by atoms with Crippen LogP contribution in [-0.4, -0.2) is 21.8 Å². The SMILES string of the molecule is Cc1c(/C=N\NC(=O)[C@@H](O)c2ccccc2)c2ccccc2n1C.